The molecule has 0 bridgehead atoms. The van der Waals surface area contributed by atoms with Crippen LogP contribution in [-0.4, -0.2) is 0 Å². The van der Waals surface area contributed by atoms with Crippen LogP contribution in [0.15, 0.2) is 29.8 Å². The van der Waals surface area contributed by atoms with Gasteiger partial charge in [0.1, 0.15) is 0 Å². The van der Waals surface area contributed by atoms with Gasteiger partial charge in [-0.15, -0.1) is 0 Å². The van der Waals surface area contributed by atoms with Gasteiger partial charge in [0.2, 0.25) is 0 Å². The van der Waals surface area contributed by atoms with Crippen molar-refractivity contribution in [1.29, 1.82) is 0 Å². The van der Waals surface area contributed by atoms with Gasteiger partial charge in [-0.3, -0.25) is 0 Å². The second-order valence-corrected chi connectivity index (χ2v) is 5.38. The molecular weight excluding hydrogens is 192 g/mol. The molecule has 0 saturated carbocycles. The highest BCUT2D eigenvalue weighted by Gasteiger charge is 2.17. The Bertz CT molecular complexity index is 396. The third-order valence-electron chi connectivity index (χ3n) is 3.52. The van der Waals surface area contributed by atoms with Crippen molar-refractivity contribution in [2.24, 2.45) is 5.92 Å². The average Bonchev–Trinajstić information content (AvgIpc) is 2.55. The fourth-order valence-corrected chi connectivity index (χ4v) is 2.63. The molecule has 0 heteroatoms. The second kappa shape index (κ2) is 4.86. The smallest absolute Gasteiger partial charge is 0.00578 e. The Morgan fingerprint density at radius 3 is 2.69 bits per heavy atom. The number of hydrogen-bond acceptors (Lipinski definition) is 0. The summed E-state index contributed by atoms with van der Waals surface area (Å²) in [6, 6.07) is 8.88. The van der Waals surface area contributed by atoms with Gasteiger partial charge in [-0.1, -0.05) is 50.1 Å². The molecule has 0 N–H and O–H groups in total. The van der Waals surface area contributed by atoms with Crippen molar-refractivity contribution in [2.45, 2.75) is 46.5 Å². The molecule has 0 heterocycles. The number of allylic oxidation sites excluding steroid dienone is 2. The van der Waals surface area contributed by atoms with Gasteiger partial charge in [-0.05, 0) is 48.8 Å². The minimum absolute atomic E-state index is 0.831. The summed E-state index contributed by atoms with van der Waals surface area (Å²) in [5.74, 6) is 0.831. The quantitative estimate of drug-likeness (QED) is 0.672. The molecule has 1 aliphatic carbocycles. The van der Waals surface area contributed by atoms with Crippen molar-refractivity contribution in [3.05, 3.63) is 41.0 Å². The topological polar surface area (TPSA) is 0 Å². The summed E-state index contributed by atoms with van der Waals surface area (Å²) in [5, 5.41) is 0. The van der Waals surface area contributed by atoms with E-state index in [1.165, 1.54) is 36.8 Å². The molecule has 2 rings (SSSR count). The molecule has 0 amide bonds. The zero-order chi connectivity index (χ0) is 11.5. The van der Waals surface area contributed by atoms with Crippen LogP contribution >= 0.6 is 0 Å². The van der Waals surface area contributed by atoms with Gasteiger partial charge in [-0.25, -0.2) is 0 Å². The summed E-state index contributed by atoms with van der Waals surface area (Å²) in [6.07, 6.45) is 5.12. The fraction of sp³-hybridized carbons (Fsp3) is 0.500. The van der Waals surface area contributed by atoms with Crippen molar-refractivity contribution in [3.8, 4) is 0 Å². The van der Waals surface area contributed by atoms with Gasteiger partial charge in [0, 0.05) is 0 Å². The summed E-state index contributed by atoms with van der Waals surface area (Å²) in [4.78, 5) is 0. The molecule has 0 nitrogen and oxygen atoms in total. The van der Waals surface area contributed by atoms with Crippen LogP contribution in [-0.2, 0) is 6.42 Å². The number of fused-ring (bicyclic) bond motifs is 1. The molecule has 1 aromatic rings. The van der Waals surface area contributed by atoms with Crippen molar-refractivity contribution in [3.63, 3.8) is 0 Å². The van der Waals surface area contributed by atoms with Crippen LogP contribution in [0.1, 0.15) is 51.2 Å². The molecule has 1 aliphatic rings. The Hall–Kier alpha value is -1.04. The van der Waals surface area contributed by atoms with E-state index in [4.69, 9.17) is 0 Å². The number of hydrogen-bond donors (Lipinski definition) is 0. The van der Waals surface area contributed by atoms with Gasteiger partial charge in [0.05, 0.1) is 0 Å². The van der Waals surface area contributed by atoms with Gasteiger partial charge in [0.25, 0.3) is 0 Å². The molecule has 16 heavy (non-hydrogen) atoms. The molecule has 0 aliphatic heterocycles. The summed E-state index contributed by atoms with van der Waals surface area (Å²) in [7, 11) is 0. The van der Waals surface area contributed by atoms with Crippen LogP contribution in [0, 0.1) is 5.92 Å². The zero-order valence-corrected chi connectivity index (χ0v) is 10.7. The fourth-order valence-electron chi connectivity index (χ4n) is 2.63. The average molecular weight is 214 g/mol. The van der Waals surface area contributed by atoms with Gasteiger partial charge < -0.3 is 0 Å². The first-order valence-corrected chi connectivity index (χ1v) is 6.45. The molecule has 86 valence electrons. The Kier molecular flexibility index (Phi) is 3.48. The summed E-state index contributed by atoms with van der Waals surface area (Å²) < 4.78 is 0. The lowest BCUT2D eigenvalue weighted by atomic mass is 9.97. The maximum absolute atomic E-state index is 2.31. The highest BCUT2D eigenvalue weighted by Crippen LogP contribution is 2.35. The Morgan fingerprint density at radius 1 is 1.19 bits per heavy atom. The molecule has 0 atom stereocenters. The maximum atomic E-state index is 2.31. The molecule has 1 aromatic carbocycles. The highest BCUT2D eigenvalue weighted by atomic mass is 14.2. The maximum Gasteiger partial charge on any atom is -0.00578 e. The SMILES string of the molecule is CC1=C(CCCC(C)C)c2ccccc2C1. The summed E-state index contributed by atoms with van der Waals surface area (Å²) in [5.41, 5.74) is 6.25. The van der Waals surface area contributed by atoms with Crippen molar-refractivity contribution in [1.82, 2.24) is 0 Å². The number of benzene rings is 1. The van der Waals surface area contributed by atoms with Gasteiger partial charge in [-0.2, -0.15) is 0 Å². The normalized spacial score (nSPS) is 14.8. The molecular formula is C16H22. The van der Waals surface area contributed by atoms with E-state index in [0.29, 0.717) is 0 Å². The predicted molar refractivity (Wildman–Crippen MR) is 71.4 cm³/mol. The molecule has 0 unspecified atom stereocenters. The Labute approximate surface area is 99.4 Å². The van der Waals surface area contributed by atoms with Crippen molar-refractivity contribution in [2.75, 3.05) is 0 Å². The molecule has 0 radical (unpaired) electrons. The van der Waals surface area contributed by atoms with Crippen LogP contribution in [0.25, 0.3) is 5.57 Å². The summed E-state index contributed by atoms with van der Waals surface area (Å²) in [6.45, 7) is 6.92. The van der Waals surface area contributed by atoms with E-state index in [9.17, 15) is 0 Å². The van der Waals surface area contributed by atoms with E-state index in [-0.39, 0.29) is 0 Å². The second-order valence-electron chi connectivity index (χ2n) is 5.38. The monoisotopic (exact) mass is 214 g/mol. The first-order chi connectivity index (χ1) is 7.68. The van der Waals surface area contributed by atoms with Crippen LogP contribution in [0.2, 0.25) is 0 Å². The lowest BCUT2D eigenvalue weighted by Crippen LogP contribution is -1.89. The van der Waals surface area contributed by atoms with Crippen LogP contribution in [0.3, 0.4) is 0 Å². The lowest BCUT2D eigenvalue weighted by Gasteiger charge is -2.08. The Morgan fingerprint density at radius 2 is 1.94 bits per heavy atom. The number of rotatable bonds is 4. The van der Waals surface area contributed by atoms with Crippen LogP contribution in [0.4, 0.5) is 0 Å². The zero-order valence-electron chi connectivity index (χ0n) is 10.7. The summed E-state index contributed by atoms with van der Waals surface area (Å²) >= 11 is 0. The van der Waals surface area contributed by atoms with Crippen LogP contribution < -0.4 is 0 Å². The van der Waals surface area contributed by atoms with Crippen LogP contribution in [0.5, 0.6) is 0 Å². The van der Waals surface area contributed by atoms with Crippen molar-refractivity contribution >= 4 is 5.57 Å². The molecule has 0 aromatic heterocycles. The third kappa shape index (κ3) is 2.37. The van der Waals surface area contributed by atoms with E-state index >= 15 is 0 Å². The molecule has 0 fully saturated rings. The molecule has 0 spiro atoms. The van der Waals surface area contributed by atoms with E-state index in [1.807, 2.05) is 0 Å². The predicted octanol–water partition coefficient (Wildman–Crippen LogP) is 4.84. The standard InChI is InChI=1S/C16H22/c1-12(2)7-6-10-15-13(3)11-14-8-4-5-9-16(14)15/h4-5,8-9,12H,6-7,10-11H2,1-3H3. The first kappa shape index (κ1) is 11.4. The van der Waals surface area contributed by atoms with E-state index in [1.54, 1.807) is 11.1 Å². The van der Waals surface area contributed by atoms with Gasteiger partial charge >= 0.3 is 0 Å². The minimum Gasteiger partial charge on any atom is -0.0651 e. The van der Waals surface area contributed by atoms with Crippen molar-refractivity contribution < 1.29 is 0 Å². The van der Waals surface area contributed by atoms with E-state index in [2.05, 4.69) is 45.0 Å². The van der Waals surface area contributed by atoms with Gasteiger partial charge in [0.15, 0.2) is 0 Å². The van der Waals surface area contributed by atoms with E-state index < -0.39 is 0 Å². The highest BCUT2D eigenvalue weighted by molar-refractivity contribution is 5.75. The molecule has 0 saturated heterocycles. The third-order valence-corrected chi connectivity index (χ3v) is 3.52. The minimum atomic E-state index is 0.831. The lowest BCUT2D eigenvalue weighted by molar-refractivity contribution is 0.562. The first-order valence-electron chi connectivity index (χ1n) is 6.45. The van der Waals surface area contributed by atoms with E-state index in [0.717, 1.165) is 5.92 Å². The largest absolute Gasteiger partial charge is 0.0651 e. The Balaban J connectivity index is 2.06.